The molecule has 3 rings (SSSR count). The molecule has 1 aromatic rings. The standard InChI is InChI=1S/C20H26Cl2O13/c21-7-1-2-9(8(22)3-7)31-6-12(25)34-19-17(30)15(28)18(11(5-24)33-19)35-20-16(29)14(27)13(26)10(4-23)32-20/h1-3,10-11,13-20,23-24,26-30H,4-6H2/t10-,11-,13-,14+,15-,16-,17-,18-,19+,20+/m1/s1. The number of rotatable bonds is 8. The zero-order chi connectivity index (χ0) is 25.9. The number of esters is 1. The average Bonchev–Trinajstić information content (AvgIpc) is 2.83. The predicted octanol–water partition coefficient (Wildman–Crippen LogP) is -2.46. The molecule has 0 spiro atoms. The fraction of sp³-hybridized carbons (Fsp3) is 0.650. The van der Waals surface area contributed by atoms with Crippen LogP contribution in [0.25, 0.3) is 0 Å². The lowest BCUT2D eigenvalue weighted by Gasteiger charge is -2.45. The van der Waals surface area contributed by atoms with Crippen molar-refractivity contribution in [1.29, 1.82) is 0 Å². The van der Waals surface area contributed by atoms with Gasteiger partial charge in [-0.15, -0.1) is 0 Å². The lowest BCUT2D eigenvalue weighted by atomic mass is 9.97. The van der Waals surface area contributed by atoms with Crippen LogP contribution in [0.4, 0.5) is 0 Å². The molecule has 1 aromatic carbocycles. The normalized spacial score (nSPS) is 37.6. The topological polar surface area (TPSA) is 205 Å². The summed E-state index contributed by atoms with van der Waals surface area (Å²) < 4.78 is 26.2. The van der Waals surface area contributed by atoms with Crippen molar-refractivity contribution < 1.29 is 64.2 Å². The minimum Gasteiger partial charge on any atom is -0.480 e. The van der Waals surface area contributed by atoms with Gasteiger partial charge in [-0.25, -0.2) is 4.79 Å². The molecule has 198 valence electrons. The fourth-order valence-corrected chi connectivity index (χ4v) is 4.01. The van der Waals surface area contributed by atoms with Gasteiger partial charge < -0.3 is 59.4 Å². The number of halogens is 2. The van der Waals surface area contributed by atoms with Crippen molar-refractivity contribution in [2.24, 2.45) is 0 Å². The van der Waals surface area contributed by atoms with Crippen molar-refractivity contribution in [2.45, 2.75) is 61.4 Å². The van der Waals surface area contributed by atoms with Crippen LogP contribution in [0.1, 0.15) is 0 Å². The van der Waals surface area contributed by atoms with E-state index in [1.54, 1.807) is 0 Å². The molecule has 7 N–H and O–H groups in total. The molecular formula is C20H26Cl2O13. The molecule has 0 saturated carbocycles. The average molecular weight is 545 g/mol. The van der Waals surface area contributed by atoms with Crippen LogP contribution in [0.3, 0.4) is 0 Å². The van der Waals surface area contributed by atoms with Gasteiger partial charge >= 0.3 is 5.97 Å². The van der Waals surface area contributed by atoms with Crippen LogP contribution in [0.5, 0.6) is 5.75 Å². The maximum Gasteiger partial charge on any atom is 0.346 e. The molecule has 35 heavy (non-hydrogen) atoms. The number of benzene rings is 1. The molecule has 0 aliphatic carbocycles. The molecule has 2 fully saturated rings. The Bertz CT molecular complexity index is 856. The Morgan fingerprint density at radius 1 is 0.857 bits per heavy atom. The number of carbonyl (C=O) groups is 1. The Hall–Kier alpha value is -1.33. The van der Waals surface area contributed by atoms with Crippen LogP contribution in [0.15, 0.2) is 18.2 Å². The van der Waals surface area contributed by atoms with Gasteiger partial charge in [0.2, 0.25) is 6.29 Å². The van der Waals surface area contributed by atoms with Crippen molar-refractivity contribution >= 4 is 29.2 Å². The van der Waals surface area contributed by atoms with E-state index in [0.29, 0.717) is 5.02 Å². The van der Waals surface area contributed by atoms with Crippen molar-refractivity contribution in [3.05, 3.63) is 28.2 Å². The second-order valence-corrected chi connectivity index (χ2v) is 8.70. The molecule has 0 amide bonds. The molecule has 2 aliphatic rings. The van der Waals surface area contributed by atoms with Crippen LogP contribution in [0, 0.1) is 0 Å². The third-order valence-corrected chi connectivity index (χ3v) is 5.98. The smallest absolute Gasteiger partial charge is 0.346 e. The minimum atomic E-state index is -1.87. The van der Waals surface area contributed by atoms with Crippen LogP contribution < -0.4 is 4.74 Å². The maximum atomic E-state index is 12.2. The van der Waals surface area contributed by atoms with E-state index in [9.17, 15) is 40.5 Å². The van der Waals surface area contributed by atoms with E-state index < -0.39 is 87.2 Å². The molecule has 2 heterocycles. The second-order valence-electron chi connectivity index (χ2n) is 7.86. The van der Waals surface area contributed by atoms with Crippen molar-refractivity contribution in [1.82, 2.24) is 0 Å². The van der Waals surface area contributed by atoms with Crippen molar-refractivity contribution in [2.75, 3.05) is 19.8 Å². The first-order chi connectivity index (χ1) is 16.6. The number of ether oxygens (including phenoxy) is 5. The van der Waals surface area contributed by atoms with E-state index in [-0.39, 0.29) is 10.8 Å². The lowest BCUT2D eigenvalue weighted by molar-refractivity contribution is -0.355. The zero-order valence-corrected chi connectivity index (χ0v) is 19.5. The zero-order valence-electron chi connectivity index (χ0n) is 18.0. The summed E-state index contributed by atoms with van der Waals surface area (Å²) in [7, 11) is 0. The van der Waals surface area contributed by atoms with Gasteiger partial charge in [-0.05, 0) is 18.2 Å². The van der Waals surface area contributed by atoms with Gasteiger partial charge in [0.05, 0.1) is 18.2 Å². The van der Waals surface area contributed by atoms with E-state index in [4.69, 9.17) is 46.9 Å². The van der Waals surface area contributed by atoms with E-state index >= 15 is 0 Å². The van der Waals surface area contributed by atoms with E-state index in [2.05, 4.69) is 0 Å². The Labute approximate surface area is 208 Å². The van der Waals surface area contributed by atoms with Crippen LogP contribution in [-0.4, -0.2) is 123 Å². The van der Waals surface area contributed by atoms with Gasteiger partial charge in [0.15, 0.2) is 12.9 Å². The van der Waals surface area contributed by atoms with Crippen molar-refractivity contribution in [3.63, 3.8) is 0 Å². The third kappa shape index (κ3) is 6.52. The van der Waals surface area contributed by atoms with E-state index in [0.717, 1.165) is 0 Å². The summed E-state index contributed by atoms with van der Waals surface area (Å²) in [6, 6.07) is 4.31. The molecule has 0 radical (unpaired) electrons. The SMILES string of the molecule is O=C(COc1ccc(Cl)cc1Cl)O[C@@H]1O[C@H](CO)[C@@H](O[C@@H]2O[C@H](CO)[C@@H](O)[C@H](O)[C@H]2O)[C@H](O)[C@H]1O. The molecule has 15 heteroatoms. The summed E-state index contributed by atoms with van der Waals surface area (Å²) in [5.41, 5.74) is 0. The molecule has 2 aliphatic heterocycles. The first kappa shape index (κ1) is 28.2. The molecule has 0 aromatic heterocycles. The summed E-state index contributed by atoms with van der Waals surface area (Å²) in [4.78, 5) is 12.2. The Balaban J connectivity index is 1.61. The number of carbonyl (C=O) groups excluding carboxylic acids is 1. The summed E-state index contributed by atoms with van der Waals surface area (Å²) in [6.45, 7) is -2.14. The number of aliphatic hydroxyl groups excluding tert-OH is 7. The van der Waals surface area contributed by atoms with Gasteiger partial charge in [-0.2, -0.15) is 0 Å². The molecule has 10 atom stereocenters. The quantitative estimate of drug-likeness (QED) is 0.170. The summed E-state index contributed by atoms with van der Waals surface area (Å²) in [6.07, 6.45) is -16.5. The number of hydrogen-bond acceptors (Lipinski definition) is 13. The van der Waals surface area contributed by atoms with Gasteiger partial charge in [-0.1, -0.05) is 23.2 Å². The predicted molar refractivity (Wildman–Crippen MR) is 114 cm³/mol. The maximum absolute atomic E-state index is 12.2. The Kier molecular flexibility index (Phi) is 9.90. The van der Waals surface area contributed by atoms with E-state index in [1.165, 1.54) is 18.2 Å². The van der Waals surface area contributed by atoms with Gasteiger partial charge in [-0.3, -0.25) is 0 Å². The Morgan fingerprint density at radius 3 is 2.11 bits per heavy atom. The Morgan fingerprint density at radius 2 is 1.49 bits per heavy atom. The molecular weight excluding hydrogens is 519 g/mol. The number of hydrogen-bond donors (Lipinski definition) is 7. The van der Waals surface area contributed by atoms with Crippen LogP contribution in [-0.2, 0) is 23.7 Å². The second kappa shape index (κ2) is 12.3. The third-order valence-electron chi connectivity index (χ3n) is 5.45. The first-order valence-corrected chi connectivity index (χ1v) is 11.2. The van der Waals surface area contributed by atoms with Gasteiger partial charge in [0.1, 0.15) is 54.6 Å². The van der Waals surface area contributed by atoms with Crippen LogP contribution >= 0.6 is 23.2 Å². The molecule has 0 unspecified atom stereocenters. The first-order valence-electron chi connectivity index (χ1n) is 10.4. The monoisotopic (exact) mass is 544 g/mol. The number of aliphatic hydroxyl groups is 7. The molecule has 0 bridgehead atoms. The van der Waals surface area contributed by atoms with Gasteiger partial charge in [0.25, 0.3) is 0 Å². The highest BCUT2D eigenvalue weighted by Crippen LogP contribution is 2.30. The molecule has 2 saturated heterocycles. The van der Waals surface area contributed by atoms with Crippen LogP contribution in [0.2, 0.25) is 10.0 Å². The fourth-order valence-electron chi connectivity index (χ4n) is 3.55. The molecule has 13 nitrogen and oxygen atoms in total. The minimum absolute atomic E-state index is 0.138. The summed E-state index contributed by atoms with van der Waals surface area (Å²) >= 11 is 11.7. The summed E-state index contributed by atoms with van der Waals surface area (Å²) in [5, 5.41) is 70.3. The summed E-state index contributed by atoms with van der Waals surface area (Å²) in [5.74, 6) is -0.864. The highest BCUT2D eigenvalue weighted by atomic mass is 35.5. The highest BCUT2D eigenvalue weighted by molar-refractivity contribution is 6.35. The highest BCUT2D eigenvalue weighted by Gasteiger charge is 2.51. The largest absolute Gasteiger partial charge is 0.480 e. The van der Waals surface area contributed by atoms with Gasteiger partial charge in [0, 0.05) is 5.02 Å². The van der Waals surface area contributed by atoms with E-state index in [1.807, 2.05) is 0 Å². The van der Waals surface area contributed by atoms with Crippen molar-refractivity contribution in [3.8, 4) is 5.75 Å². The lowest BCUT2D eigenvalue weighted by Crippen LogP contribution is -2.64.